The Labute approximate surface area is 335 Å². The first-order chi connectivity index (χ1) is 27.0. The number of rotatable bonds is 8. The van der Waals surface area contributed by atoms with Gasteiger partial charge in [-0.05, 0) is 90.2 Å². The van der Waals surface area contributed by atoms with E-state index in [1.807, 2.05) is 13.0 Å². The maximum Gasteiger partial charge on any atom is 0.427 e. The third kappa shape index (κ3) is 8.69. The number of hydrogen-bond donors (Lipinski definition) is 3. The molecule has 6 rings (SSSR count). The minimum absolute atomic E-state index is 0.0421. The first kappa shape index (κ1) is 42.9. The zero-order valence-electron chi connectivity index (χ0n) is 33.6. The fourth-order valence-corrected chi connectivity index (χ4v) is 8.86. The molecular weight excluding hydrogens is 786 g/mol. The molecule has 1 aromatic heterocycles. The highest BCUT2D eigenvalue weighted by molar-refractivity contribution is 7.91. The second kappa shape index (κ2) is 15.5. The van der Waals surface area contributed by atoms with Gasteiger partial charge in [0.25, 0.3) is 5.91 Å². The normalized spacial score (nSPS) is 29.4. The van der Waals surface area contributed by atoms with E-state index in [1.54, 1.807) is 38.1 Å². The van der Waals surface area contributed by atoms with Gasteiger partial charge in [-0.25, -0.2) is 23.2 Å². The smallest absolute Gasteiger partial charge is 0.427 e. The number of halogens is 3. The van der Waals surface area contributed by atoms with Crippen molar-refractivity contribution in [2.75, 3.05) is 13.7 Å². The highest BCUT2D eigenvalue weighted by atomic mass is 32.2. The summed E-state index contributed by atoms with van der Waals surface area (Å²) in [5.74, 6) is -3.09. The molecule has 0 spiro atoms. The summed E-state index contributed by atoms with van der Waals surface area (Å²) in [4.78, 5) is 66.6. The number of nitrogens with one attached hydrogen (secondary N) is 3. The van der Waals surface area contributed by atoms with Gasteiger partial charge in [-0.1, -0.05) is 26.0 Å². The number of fused-ring (bicyclic) bond motifs is 3. The number of alkyl carbamates (subject to hydrolysis) is 1. The number of sulfonamides is 1. The lowest BCUT2D eigenvalue weighted by atomic mass is 9.88. The van der Waals surface area contributed by atoms with Crippen molar-refractivity contribution in [3.8, 4) is 11.6 Å². The summed E-state index contributed by atoms with van der Waals surface area (Å²) in [6, 6.07) is 2.34. The number of alkyl halides is 3. The van der Waals surface area contributed by atoms with E-state index in [0.29, 0.717) is 68.4 Å². The van der Waals surface area contributed by atoms with Crippen LogP contribution in [0.2, 0.25) is 0 Å². The Kier molecular flexibility index (Phi) is 11.5. The number of allylic oxidation sites excluding steroid dienone is 1. The van der Waals surface area contributed by atoms with Gasteiger partial charge in [0.15, 0.2) is 0 Å². The number of hydrogen-bond acceptors (Lipinski definition) is 11. The first-order valence-electron chi connectivity index (χ1n) is 19.4. The second-order valence-corrected chi connectivity index (χ2v) is 19.1. The quantitative estimate of drug-likeness (QED) is 0.314. The van der Waals surface area contributed by atoms with Crippen LogP contribution in [0.5, 0.6) is 11.6 Å². The molecule has 2 aliphatic carbocycles. The van der Waals surface area contributed by atoms with E-state index in [9.17, 15) is 40.8 Å². The highest BCUT2D eigenvalue weighted by Gasteiger charge is 2.63. The third-order valence-electron chi connectivity index (χ3n) is 11.8. The van der Waals surface area contributed by atoms with Crippen LogP contribution in [-0.4, -0.2) is 101 Å². The summed E-state index contributed by atoms with van der Waals surface area (Å²) in [5, 5.41) is 5.16. The van der Waals surface area contributed by atoms with Crippen LogP contribution >= 0.6 is 0 Å². The zero-order valence-corrected chi connectivity index (χ0v) is 34.4. The Balaban J connectivity index is 1.35. The van der Waals surface area contributed by atoms with Crippen LogP contribution in [0.25, 0.3) is 11.0 Å². The molecule has 58 heavy (non-hydrogen) atoms. The Hall–Kier alpha value is -4.68. The van der Waals surface area contributed by atoms with E-state index in [2.05, 4.69) is 25.3 Å². The number of amides is 4. The summed E-state index contributed by atoms with van der Waals surface area (Å²) in [7, 11) is -2.58. The molecule has 7 atom stereocenters. The van der Waals surface area contributed by atoms with Crippen LogP contribution in [0.1, 0.15) is 85.3 Å². The van der Waals surface area contributed by atoms with Gasteiger partial charge in [0, 0.05) is 18.4 Å². The SMILES string of the molecule is COc1ccc2nc(C)c(O[C@@H]3C[C@H]4C(=O)N[C@]5(C(=O)NS(=O)(=O)C6(C)CC6)C[C@H]5/C=C\CC[C@@H](C)C[C@@H](C)[C@H](NC(=O)OC(C)(C)C(F)(F)F)C(=O)N4C3)nc2c1. The standard InChI is InChI=1S/C39H51F3N6O9S/c1-21-10-8-9-11-24-19-38(24,34(51)47-58(53,54)37(6)14-15-37)46-31(49)29-18-26(56-32-23(3)43-27-13-12-25(55-7)17-28(27)44-32)20-48(29)33(50)30(22(2)16-21)45-35(52)57-36(4,5)39(40,41)42/h9,11-13,17,21-22,24,26,29-30H,8,10,14-16,18-20H2,1-7H3,(H,45,52)(H,46,49)(H,47,51)/b11-9-/t21-,22-,24-,26-,29+,30+,38-/m1/s1. The monoisotopic (exact) mass is 836 g/mol. The molecule has 318 valence electrons. The van der Waals surface area contributed by atoms with E-state index in [0.717, 1.165) is 0 Å². The maximum atomic E-state index is 14.7. The molecule has 2 aliphatic heterocycles. The molecule has 4 aliphatic rings. The Morgan fingerprint density at radius 3 is 2.43 bits per heavy atom. The predicted octanol–water partition coefficient (Wildman–Crippen LogP) is 4.62. The largest absolute Gasteiger partial charge is 0.497 e. The molecule has 4 amide bonds. The number of benzene rings is 1. The average Bonchev–Trinajstić information content (AvgIpc) is 4.01. The van der Waals surface area contributed by atoms with Crippen molar-refractivity contribution in [3.05, 3.63) is 36.0 Å². The van der Waals surface area contributed by atoms with Crippen LogP contribution in [0.4, 0.5) is 18.0 Å². The van der Waals surface area contributed by atoms with Crippen molar-refractivity contribution in [2.24, 2.45) is 17.8 Å². The molecule has 1 saturated heterocycles. The first-order valence-corrected chi connectivity index (χ1v) is 20.9. The molecular formula is C39H51F3N6O9S. The van der Waals surface area contributed by atoms with E-state index < -0.39 is 85.9 Å². The second-order valence-electron chi connectivity index (χ2n) is 16.9. The average molecular weight is 837 g/mol. The molecule has 3 fully saturated rings. The minimum atomic E-state index is -4.92. The fraction of sp³-hybridized carbons (Fsp3) is 0.641. The Bertz CT molecular complexity index is 2110. The van der Waals surface area contributed by atoms with Gasteiger partial charge in [-0.2, -0.15) is 13.2 Å². The summed E-state index contributed by atoms with van der Waals surface area (Å²) < 4.78 is 85.1. The molecule has 0 unspecified atom stereocenters. The number of carbonyl (C=O) groups is 4. The molecule has 1 aromatic carbocycles. The van der Waals surface area contributed by atoms with Crippen LogP contribution in [0, 0.1) is 24.7 Å². The lowest BCUT2D eigenvalue weighted by Gasteiger charge is -2.34. The van der Waals surface area contributed by atoms with E-state index in [-0.39, 0.29) is 31.2 Å². The number of ether oxygens (including phenoxy) is 3. The van der Waals surface area contributed by atoms with Gasteiger partial charge >= 0.3 is 12.3 Å². The van der Waals surface area contributed by atoms with Crippen molar-refractivity contribution in [1.29, 1.82) is 0 Å². The van der Waals surface area contributed by atoms with Crippen LogP contribution in [-0.2, 0) is 29.1 Å². The van der Waals surface area contributed by atoms with Gasteiger partial charge in [0.05, 0.1) is 29.4 Å². The summed E-state index contributed by atoms with van der Waals surface area (Å²) in [6.07, 6.45) is -1.42. The summed E-state index contributed by atoms with van der Waals surface area (Å²) in [6.45, 7) is 7.97. The van der Waals surface area contributed by atoms with Gasteiger partial charge in [-0.3, -0.25) is 19.1 Å². The topological polar surface area (TPSA) is 195 Å². The number of carbonyl (C=O) groups excluding carboxylic acids is 4. The lowest BCUT2D eigenvalue weighted by molar-refractivity contribution is -0.244. The van der Waals surface area contributed by atoms with Crippen LogP contribution < -0.4 is 24.8 Å². The van der Waals surface area contributed by atoms with Crippen molar-refractivity contribution in [3.63, 3.8) is 0 Å². The van der Waals surface area contributed by atoms with E-state index in [1.165, 1.54) is 18.9 Å². The third-order valence-corrected chi connectivity index (χ3v) is 14.0. The van der Waals surface area contributed by atoms with Crippen LogP contribution in [0.3, 0.4) is 0 Å². The lowest BCUT2D eigenvalue weighted by Crippen LogP contribution is -2.59. The van der Waals surface area contributed by atoms with Crippen molar-refractivity contribution in [2.45, 2.75) is 127 Å². The predicted molar refractivity (Wildman–Crippen MR) is 204 cm³/mol. The van der Waals surface area contributed by atoms with Gasteiger partial charge in [0.1, 0.15) is 35.2 Å². The minimum Gasteiger partial charge on any atom is -0.497 e. The molecule has 0 bridgehead atoms. The number of nitrogens with zero attached hydrogens (tertiary/aromatic N) is 3. The number of aryl methyl sites for hydroxylation is 1. The highest BCUT2D eigenvalue weighted by Crippen LogP contribution is 2.47. The molecule has 2 saturated carbocycles. The zero-order chi connectivity index (χ0) is 42.6. The fourth-order valence-electron chi connectivity index (χ4n) is 7.55. The Morgan fingerprint density at radius 1 is 1.07 bits per heavy atom. The van der Waals surface area contributed by atoms with Crippen molar-refractivity contribution >= 4 is 44.9 Å². The van der Waals surface area contributed by atoms with Crippen molar-refractivity contribution < 1.29 is 55.0 Å². The van der Waals surface area contributed by atoms with Crippen LogP contribution in [0.15, 0.2) is 30.4 Å². The maximum absolute atomic E-state index is 14.7. The number of methoxy groups -OCH3 is 1. The molecule has 2 aromatic rings. The molecule has 0 radical (unpaired) electrons. The number of aromatic nitrogens is 2. The van der Waals surface area contributed by atoms with Gasteiger partial charge in [-0.15, -0.1) is 0 Å². The van der Waals surface area contributed by atoms with E-state index >= 15 is 0 Å². The van der Waals surface area contributed by atoms with Gasteiger partial charge in [0.2, 0.25) is 33.3 Å². The van der Waals surface area contributed by atoms with Gasteiger partial charge < -0.3 is 29.7 Å². The molecule has 3 heterocycles. The summed E-state index contributed by atoms with van der Waals surface area (Å²) in [5.41, 5.74) is -3.12. The molecule has 19 heteroatoms. The van der Waals surface area contributed by atoms with Crippen molar-refractivity contribution in [1.82, 2.24) is 30.2 Å². The molecule has 15 nitrogen and oxygen atoms in total. The van der Waals surface area contributed by atoms with E-state index in [4.69, 9.17) is 14.2 Å². The Morgan fingerprint density at radius 2 is 1.78 bits per heavy atom. The summed E-state index contributed by atoms with van der Waals surface area (Å²) >= 11 is 0. The molecule has 3 N–H and O–H groups in total.